The third kappa shape index (κ3) is 5.32. The minimum absolute atomic E-state index is 0.0298. The highest BCUT2D eigenvalue weighted by molar-refractivity contribution is 5.91. The number of benzene rings is 2. The molecule has 0 unspecified atom stereocenters. The minimum Gasteiger partial charge on any atom is -0.489 e. The van der Waals surface area contributed by atoms with Crippen molar-refractivity contribution in [3.63, 3.8) is 0 Å². The predicted molar refractivity (Wildman–Crippen MR) is 87.3 cm³/mol. The van der Waals surface area contributed by atoms with E-state index in [1.807, 2.05) is 25.1 Å². The summed E-state index contributed by atoms with van der Waals surface area (Å²) in [6.45, 7) is 6.13. The number of amides is 1. The SMILES string of the molecule is C=C(C)COc1ccc(NC(=O)COc2ccccc2)cc1. The van der Waals surface area contributed by atoms with Crippen molar-refractivity contribution in [2.75, 3.05) is 18.5 Å². The highest BCUT2D eigenvalue weighted by atomic mass is 16.5. The number of rotatable bonds is 7. The van der Waals surface area contributed by atoms with Crippen LogP contribution in [0.4, 0.5) is 5.69 Å². The monoisotopic (exact) mass is 297 g/mol. The molecule has 2 aromatic carbocycles. The fourth-order valence-corrected chi connectivity index (χ4v) is 1.70. The molecule has 0 aliphatic carbocycles. The number of nitrogens with one attached hydrogen (secondary N) is 1. The molecule has 4 nitrogen and oxygen atoms in total. The van der Waals surface area contributed by atoms with Gasteiger partial charge in [0.25, 0.3) is 5.91 Å². The molecule has 0 heterocycles. The van der Waals surface area contributed by atoms with Crippen LogP contribution in [0.5, 0.6) is 11.5 Å². The molecule has 0 aliphatic heterocycles. The average molecular weight is 297 g/mol. The van der Waals surface area contributed by atoms with Gasteiger partial charge in [-0.05, 0) is 48.9 Å². The molecule has 0 fully saturated rings. The van der Waals surface area contributed by atoms with Crippen LogP contribution in [-0.2, 0) is 4.79 Å². The Morgan fingerprint density at radius 3 is 2.18 bits per heavy atom. The van der Waals surface area contributed by atoms with Crippen LogP contribution in [0, 0.1) is 0 Å². The minimum atomic E-state index is -0.209. The number of para-hydroxylation sites is 1. The van der Waals surface area contributed by atoms with Crippen molar-refractivity contribution in [1.82, 2.24) is 0 Å². The van der Waals surface area contributed by atoms with Crippen molar-refractivity contribution in [3.05, 3.63) is 66.7 Å². The Balaban J connectivity index is 1.80. The summed E-state index contributed by atoms with van der Waals surface area (Å²) in [5, 5.41) is 2.77. The average Bonchev–Trinajstić information content (AvgIpc) is 2.53. The lowest BCUT2D eigenvalue weighted by molar-refractivity contribution is -0.118. The second kappa shape index (κ2) is 7.88. The van der Waals surface area contributed by atoms with Gasteiger partial charge in [0.2, 0.25) is 0 Å². The van der Waals surface area contributed by atoms with E-state index in [2.05, 4.69) is 11.9 Å². The van der Waals surface area contributed by atoms with E-state index in [-0.39, 0.29) is 12.5 Å². The summed E-state index contributed by atoms with van der Waals surface area (Å²) in [6, 6.07) is 16.4. The molecular weight excluding hydrogens is 278 g/mol. The molecule has 22 heavy (non-hydrogen) atoms. The molecule has 4 heteroatoms. The second-order valence-electron chi connectivity index (χ2n) is 4.92. The lowest BCUT2D eigenvalue weighted by atomic mass is 10.3. The normalized spacial score (nSPS) is 9.86. The number of hydrogen-bond donors (Lipinski definition) is 1. The Labute approximate surface area is 130 Å². The van der Waals surface area contributed by atoms with E-state index in [4.69, 9.17) is 9.47 Å². The zero-order valence-corrected chi connectivity index (χ0v) is 12.5. The third-order valence-corrected chi connectivity index (χ3v) is 2.74. The molecule has 0 radical (unpaired) electrons. The van der Waals surface area contributed by atoms with Crippen LogP contribution in [0.1, 0.15) is 6.92 Å². The van der Waals surface area contributed by atoms with Gasteiger partial charge in [0, 0.05) is 5.69 Å². The smallest absolute Gasteiger partial charge is 0.262 e. The molecule has 0 saturated heterocycles. The summed E-state index contributed by atoms with van der Waals surface area (Å²) in [4.78, 5) is 11.8. The van der Waals surface area contributed by atoms with Gasteiger partial charge in [-0.3, -0.25) is 4.79 Å². The number of hydrogen-bond acceptors (Lipinski definition) is 3. The van der Waals surface area contributed by atoms with Crippen molar-refractivity contribution < 1.29 is 14.3 Å². The van der Waals surface area contributed by atoms with Crippen molar-refractivity contribution in [2.24, 2.45) is 0 Å². The molecule has 0 bridgehead atoms. The largest absolute Gasteiger partial charge is 0.489 e. The topological polar surface area (TPSA) is 47.6 Å². The highest BCUT2D eigenvalue weighted by Gasteiger charge is 2.04. The standard InChI is InChI=1S/C18H19NO3/c1-14(2)12-21-17-10-8-15(9-11-17)19-18(20)13-22-16-6-4-3-5-7-16/h3-11H,1,12-13H2,2H3,(H,19,20). The number of carbonyl (C=O) groups is 1. The summed E-state index contributed by atoms with van der Waals surface area (Å²) >= 11 is 0. The van der Waals surface area contributed by atoms with Crippen molar-refractivity contribution >= 4 is 11.6 Å². The van der Waals surface area contributed by atoms with E-state index in [0.29, 0.717) is 18.0 Å². The highest BCUT2D eigenvalue weighted by Crippen LogP contribution is 2.16. The zero-order chi connectivity index (χ0) is 15.8. The first kappa shape index (κ1) is 15.6. The van der Waals surface area contributed by atoms with E-state index < -0.39 is 0 Å². The Morgan fingerprint density at radius 1 is 0.955 bits per heavy atom. The molecule has 0 spiro atoms. The summed E-state index contributed by atoms with van der Waals surface area (Å²) in [6.07, 6.45) is 0. The molecule has 0 aliphatic rings. The maximum atomic E-state index is 11.8. The molecule has 2 aromatic rings. The van der Waals surface area contributed by atoms with Gasteiger partial charge in [-0.25, -0.2) is 0 Å². The lowest BCUT2D eigenvalue weighted by Gasteiger charge is -2.09. The van der Waals surface area contributed by atoms with Gasteiger partial charge >= 0.3 is 0 Å². The Bertz CT molecular complexity index is 621. The maximum Gasteiger partial charge on any atom is 0.262 e. The van der Waals surface area contributed by atoms with Crippen LogP contribution in [-0.4, -0.2) is 19.1 Å². The van der Waals surface area contributed by atoms with Crippen LogP contribution in [0.3, 0.4) is 0 Å². The Kier molecular flexibility index (Phi) is 5.60. The predicted octanol–water partition coefficient (Wildman–Crippen LogP) is 3.66. The van der Waals surface area contributed by atoms with Crippen LogP contribution >= 0.6 is 0 Å². The molecule has 0 saturated carbocycles. The van der Waals surface area contributed by atoms with E-state index in [1.54, 1.807) is 36.4 Å². The number of ether oxygens (including phenoxy) is 2. The van der Waals surface area contributed by atoms with Crippen LogP contribution < -0.4 is 14.8 Å². The van der Waals surface area contributed by atoms with E-state index >= 15 is 0 Å². The fraction of sp³-hybridized carbons (Fsp3) is 0.167. The van der Waals surface area contributed by atoms with Crippen LogP contribution in [0.15, 0.2) is 66.7 Å². The third-order valence-electron chi connectivity index (χ3n) is 2.74. The lowest BCUT2D eigenvalue weighted by Crippen LogP contribution is -2.20. The Morgan fingerprint density at radius 2 is 1.55 bits per heavy atom. The fourth-order valence-electron chi connectivity index (χ4n) is 1.70. The van der Waals surface area contributed by atoms with E-state index in [9.17, 15) is 4.79 Å². The van der Waals surface area contributed by atoms with Gasteiger partial charge in [-0.15, -0.1) is 0 Å². The summed E-state index contributed by atoms with van der Waals surface area (Å²) in [5.41, 5.74) is 1.65. The Hall–Kier alpha value is -2.75. The van der Waals surface area contributed by atoms with Gasteiger partial charge < -0.3 is 14.8 Å². The number of carbonyl (C=O) groups excluding carboxylic acids is 1. The quantitative estimate of drug-likeness (QED) is 0.793. The molecule has 1 amide bonds. The zero-order valence-electron chi connectivity index (χ0n) is 12.5. The van der Waals surface area contributed by atoms with Gasteiger partial charge in [0.05, 0.1) is 0 Å². The molecule has 2 rings (SSSR count). The van der Waals surface area contributed by atoms with Crippen molar-refractivity contribution in [2.45, 2.75) is 6.92 Å². The van der Waals surface area contributed by atoms with Crippen LogP contribution in [0.25, 0.3) is 0 Å². The van der Waals surface area contributed by atoms with Crippen molar-refractivity contribution in [3.8, 4) is 11.5 Å². The summed E-state index contributed by atoms with van der Waals surface area (Å²) < 4.78 is 10.9. The number of anilines is 1. The summed E-state index contributed by atoms with van der Waals surface area (Å²) in [5.74, 6) is 1.20. The molecule has 0 atom stereocenters. The molecule has 0 aromatic heterocycles. The van der Waals surface area contributed by atoms with Gasteiger partial charge in [0.15, 0.2) is 6.61 Å². The van der Waals surface area contributed by atoms with E-state index in [0.717, 1.165) is 11.3 Å². The summed E-state index contributed by atoms with van der Waals surface area (Å²) in [7, 11) is 0. The molecular formula is C18H19NO3. The van der Waals surface area contributed by atoms with E-state index in [1.165, 1.54) is 0 Å². The first-order valence-corrected chi connectivity index (χ1v) is 6.98. The van der Waals surface area contributed by atoms with Crippen LogP contribution in [0.2, 0.25) is 0 Å². The second-order valence-corrected chi connectivity index (χ2v) is 4.92. The molecule has 114 valence electrons. The molecule has 1 N–H and O–H groups in total. The van der Waals surface area contributed by atoms with Gasteiger partial charge in [-0.2, -0.15) is 0 Å². The van der Waals surface area contributed by atoms with Gasteiger partial charge in [-0.1, -0.05) is 24.8 Å². The van der Waals surface area contributed by atoms with Crippen molar-refractivity contribution in [1.29, 1.82) is 0 Å². The van der Waals surface area contributed by atoms with Gasteiger partial charge in [0.1, 0.15) is 18.1 Å². The first-order valence-electron chi connectivity index (χ1n) is 6.98. The first-order chi connectivity index (χ1) is 10.6. The maximum absolute atomic E-state index is 11.8.